The summed E-state index contributed by atoms with van der Waals surface area (Å²) in [7, 11) is -1.02. The van der Waals surface area contributed by atoms with E-state index in [4.69, 9.17) is 5.73 Å². The lowest BCUT2D eigenvalue weighted by atomic mass is 10.2. The van der Waals surface area contributed by atoms with E-state index in [2.05, 4.69) is 0 Å². The number of amides is 1. The first-order chi connectivity index (χ1) is 7.26. The first-order valence-corrected chi connectivity index (χ1v) is 5.72. The number of hydrogen-bond acceptors (Lipinski definition) is 3. The van der Waals surface area contributed by atoms with Gasteiger partial charge in [0.15, 0.2) is 0 Å². The molecule has 0 aliphatic heterocycles. The molecule has 1 aromatic carbocycles. The molecule has 2 N–H and O–H groups in total. The summed E-state index contributed by atoms with van der Waals surface area (Å²) in [6.07, 6.45) is 0. The summed E-state index contributed by atoms with van der Waals surface area (Å²) in [5.74, 6) is -1.85. The van der Waals surface area contributed by atoms with Crippen LogP contribution in [0.5, 0.6) is 0 Å². The highest BCUT2D eigenvalue weighted by atomic mass is 32.2. The Balaban J connectivity index is 3.40. The van der Waals surface area contributed by atoms with Crippen molar-refractivity contribution in [3.05, 3.63) is 29.6 Å². The van der Waals surface area contributed by atoms with Gasteiger partial charge in [0.05, 0.1) is 10.5 Å². The molecule has 0 aliphatic rings. The van der Waals surface area contributed by atoms with Crippen LogP contribution in [0.15, 0.2) is 23.1 Å². The highest BCUT2D eigenvalue weighted by Crippen LogP contribution is 2.17. The lowest BCUT2D eigenvalue weighted by Crippen LogP contribution is -2.23. The van der Waals surface area contributed by atoms with Crippen molar-refractivity contribution in [1.29, 1.82) is 0 Å². The Morgan fingerprint density at radius 2 is 1.94 bits per heavy atom. The van der Waals surface area contributed by atoms with Gasteiger partial charge in [-0.2, -0.15) is 0 Å². The highest BCUT2D eigenvalue weighted by Gasteiger charge is 2.20. The van der Waals surface area contributed by atoms with Crippen molar-refractivity contribution in [1.82, 2.24) is 4.31 Å². The third-order valence-corrected chi connectivity index (χ3v) is 3.79. The van der Waals surface area contributed by atoms with Gasteiger partial charge in [0, 0.05) is 14.1 Å². The van der Waals surface area contributed by atoms with Crippen LogP contribution in [0.3, 0.4) is 0 Å². The number of carbonyl (C=O) groups excluding carboxylic acids is 1. The van der Waals surface area contributed by atoms with Crippen molar-refractivity contribution < 1.29 is 17.6 Å². The zero-order chi connectivity index (χ0) is 12.5. The van der Waals surface area contributed by atoms with E-state index in [9.17, 15) is 17.6 Å². The van der Waals surface area contributed by atoms with Crippen molar-refractivity contribution in [2.45, 2.75) is 4.90 Å². The standard InChI is InChI=1S/C9H11FN2O3S/c1-12(2)16(14,15)6-3-4-8(10)7(5-6)9(11)13/h3-5H,1-2H3,(H2,11,13). The smallest absolute Gasteiger partial charge is 0.251 e. The minimum absolute atomic E-state index is 0.173. The molecule has 0 aliphatic carbocycles. The van der Waals surface area contributed by atoms with Gasteiger partial charge in [-0.05, 0) is 18.2 Å². The number of sulfonamides is 1. The van der Waals surface area contributed by atoms with Crippen LogP contribution in [0.25, 0.3) is 0 Å². The third kappa shape index (κ3) is 2.20. The highest BCUT2D eigenvalue weighted by molar-refractivity contribution is 7.89. The van der Waals surface area contributed by atoms with Gasteiger partial charge in [0.1, 0.15) is 5.82 Å². The molecule has 1 aromatic rings. The third-order valence-electron chi connectivity index (χ3n) is 1.98. The van der Waals surface area contributed by atoms with Crippen LogP contribution >= 0.6 is 0 Å². The maximum atomic E-state index is 13.1. The number of nitrogens with zero attached hydrogens (tertiary/aromatic N) is 1. The molecule has 0 fully saturated rings. The second-order valence-electron chi connectivity index (χ2n) is 3.29. The lowest BCUT2D eigenvalue weighted by molar-refractivity contribution is 0.0996. The maximum absolute atomic E-state index is 13.1. The second-order valence-corrected chi connectivity index (χ2v) is 5.45. The minimum Gasteiger partial charge on any atom is -0.366 e. The van der Waals surface area contributed by atoms with Gasteiger partial charge in [0.2, 0.25) is 10.0 Å². The van der Waals surface area contributed by atoms with Gasteiger partial charge < -0.3 is 5.73 Å². The molecule has 0 unspecified atom stereocenters. The van der Waals surface area contributed by atoms with Crippen LogP contribution in [0.4, 0.5) is 4.39 Å². The largest absolute Gasteiger partial charge is 0.366 e. The molecule has 0 saturated heterocycles. The topological polar surface area (TPSA) is 80.5 Å². The molecule has 0 atom stereocenters. The summed E-state index contributed by atoms with van der Waals surface area (Å²) in [6.45, 7) is 0. The number of primary amides is 1. The van der Waals surface area contributed by atoms with E-state index in [1.165, 1.54) is 14.1 Å². The summed E-state index contributed by atoms with van der Waals surface area (Å²) in [6, 6.07) is 2.90. The van der Waals surface area contributed by atoms with Crippen molar-refractivity contribution >= 4 is 15.9 Å². The molecule has 0 radical (unpaired) electrons. The van der Waals surface area contributed by atoms with Crippen LogP contribution in [-0.4, -0.2) is 32.7 Å². The monoisotopic (exact) mass is 246 g/mol. The van der Waals surface area contributed by atoms with E-state index >= 15 is 0 Å². The summed E-state index contributed by atoms with van der Waals surface area (Å²) in [4.78, 5) is 10.7. The second kappa shape index (κ2) is 4.18. The first-order valence-electron chi connectivity index (χ1n) is 4.28. The Kier molecular flexibility index (Phi) is 3.30. The number of nitrogens with two attached hydrogens (primary N) is 1. The number of halogens is 1. The average Bonchev–Trinajstić information content (AvgIpc) is 2.17. The molecule has 0 bridgehead atoms. The Morgan fingerprint density at radius 3 is 2.38 bits per heavy atom. The molecular formula is C9H11FN2O3S. The van der Waals surface area contributed by atoms with Crippen LogP contribution < -0.4 is 5.73 Å². The Bertz CT molecular complexity index is 526. The normalized spacial score (nSPS) is 11.8. The molecule has 0 saturated carbocycles. The summed E-state index contributed by atoms with van der Waals surface area (Å²) < 4.78 is 37.4. The molecule has 7 heteroatoms. The van der Waals surface area contributed by atoms with Gasteiger partial charge >= 0.3 is 0 Å². The van der Waals surface area contributed by atoms with Gasteiger partial charge in [-0.3, -0.25) is 4.79 Å². The fraction of sp³-hybridized carbons (Fsp3) is 0.222. The Hall–Kier alpha value is -1.47. The SMILES string of the molecule is CN(C)S(=O)(=O)c1ccc(F)c(C(N)=O)c1. The van der Waals surface area contributed by atoms with Crippen LogP contribution in [0.2, 0.25) is 0 Å². The first kappa shape index (κ1) is 12.6. The average molecular weight is 246 g/mol. The zero-order valence-electron chi connectivity index (χ0n) is 8.77. The molecular weight excluding hydrogens is 235 g/mol. The Morgan fingerprint density at radius 1 is 1.38 bits per heavy atom. The van der Waals surface area contributed by atoms with E-state index in [0.717, 1.165) is 22.5 Å². The van der Waals surface area contributed by atoms with E-state index < -0.39 is 27.3 Å². The number of hydrogen-bond donors (Lipinski definition) is 1. The minimum atomic E-state index is -3.69. The van der Waals surface area contributed by atoms with E-state index in [0.29, 0.717) is 0 Å². The van der Waals surface area contributed by atoms with Crippen molar-refractivity contribution in [3.8, 4) is 0 Å². The van der Waals surface area contributed by atoms with Crippen LogP contribution in [0, 0.1) is 5.82 Å². The van der Waals surface area contributed by atoms with E-state index in [-0.39, 0.29) is 4.90 Å². The van der Waals surface area contributed by atoms with Gasteiger partial charge in [0.25, 0.3) is 5.91 Å². The van der Waals surface area contributed by atoms with Crippen molar-refractivity contribution in [3.63, 3.8) is 0 Å². The molecule has 0 aromatic heterocycles. The lowest BCUT2D eigenvalue weighted by Gasteiger charge is -2.11. The maximum Gasteiger partial charge on any atom is 0.251 e. The van der Waals surface area contributed by atoms with Gasteiger partial charge in [-0.1, -0.05) is 0 Å². The number of benzene rings is 1. The predicted molar refractivity (Wildman–Crippen MR) is 55.8 cm³/mol. The van der Waals surface area contributed by atoms with Crippen molar-refractivity contribution in [2.24, 2.45) is 5.73 Å². The number of rotatable bonds is 3. The summed E-state index contributed by atoms with van der Waals surface area (Å²) in [5.41, 5.74) is 4.47. The van der Waals surface area contributed by atoms with Crippen LogP contribution in [0.1, 0.15) is 10.4 Å². The molecule has 16 heavy (non-hydrogen) atoms. The molecule has 88 valence electrons. The summed E-state index contributed by atoms with van der Waals surface area (Å²) in [5, 5.41) is 0. The number of carbonyl (C=O) groups is 1. The molecule has 1 rings (SSSR count). The molecule has 0 spiro atoms. The quantitative estimate of drug-likeness (QED) is 0.825. The summed E-state index contributed by atoms with van der Waals surface area (Å²) >= 11 is 0. The van der Waals surface area contributed by atoms with E-state index in [1.807, 2.05) is 0 Å². The van der Waals surface area contributed by atoms with Crippen LogP contribution in [-0.2, 0) is 10.0 Å². The molecule has 1 amide bonds. The zero-order valence-corrected chi connectivity index (χ0v) is 9.58. The fourth-order valence-electron chi connectivity index (χ4n) is 1.06. The predicted octanol–water partition coefficient (Wildman–Crippen LogP) is 0.175. The van der Waals surface area contributed by atoms with E-state index in [1.54, 1.807) is 0 Å². The van der Waals surface area contributed by atoms with Gasteiger partial charge in [-0.15, -0.1) is 0 Å². The fourth-order valence-corrected chi connectivity index (χ4v) is 1.99. The van der Waals surface area contributed by atoms with Gasteiger partial charge in [-0.25, -0.2) is 17.1 Å². The molecule has 5 nitrogen and oxygen atoms in total. The molecule has 0 heterocycles. The Labute approximate surface area is 92.7 Å². The van der Waals surface area contributed by atoms with Crippen molar-refractivity contribution in [2.75, 3.05) is 14.1 Å².